The molecular weight excluding hydrogens is 204 g/mol. The first-order chi connectivity index (χ1) is 7.59. The van der Waals surface area contributed by atoms with Crippen LogP contribution in [0.1, 0.15) is 33.6 Å². The standard InChI is InChI=1S/C13H22O3/c1-10(2)16-13(14)9-15-8-12-7-5-4-6-11(12)3/h4-5,10-12H,6-9H2,1-3H3. The van der Waals surface area contributed by atoms with Crippen molar-refractivity contribution in [1.29, 1.82) is 0 Å². The molecule has 0 fully saturated rings. The molecule has 2 unspecified atom stereocenters. The van der Waals surface area contributed by atoms with Gasteiger partial charge in [-0.2, -0.15) is 0 Å². The Morgan fingerprint density at radius 2 is 2.06 bits per heavy atom. The lowest BCUT2D eigenvalue weighted by Gasteiger charge is -2.24. The average Bonchev–Trinajstić information content (AvgIpc) is 2.19. The Labute approximate surface area is 97.8 Å². The van der Waals surface area contributed by atoms with E-state index < -0.39 is 0 Å². The van der Waals surface area contributed by atoms with Gasteiger partial charge in [-0.3, -0.25) is 0 Å². The van der Waals surface area contributed by atoms with Crippen molar-refractivity contribution in [2.45, 2.75) is 39.7 Å². The maximum absolute atomic E-state index is 11.2. The molecule has 0 aromatic heterocycles. The number of carbonyl (C=O) groups excluding carboxylic acids is 1. The molecule has 0 radical (unpaired) electrons. The first kappa shape index (κ1) is 13.2. The molecule has 0 heterocycles. The van der Waals surface area contributed by atoms with Gasteiger partial charge in [-0.15, -0.1) is 0 Å². The van der Waals surface area contributed by atoms with Crippen molar-refractivity contribution >= 4 is 5.97 Å². The van der Waals surface area contributed by atoms with Gasteiger partial charge in [0, 0.05) is 0 Å². The zero-order valence-electron chi connectivity index (χ0n) is 10.4. The summed E-state index contributed by atoms with van der Waals surface area (Å²) in [7, 11) is 0. The quantitative estimate of drug-likeness (QED) is 0.534. The SMILES string of the molecule is CC(C)OC(=O)COCC1CC=CCC1C. The van der Waals surface area contributed by atoms with E-state index >= 15 is 0 Å². The van der Waals surface area contributed by atoms with E-state index in [0.717, 1.165) is 12.8 Å². The van der Waals surface area contributed by atoms with Gasteiger partial charge in [0.05, 0.1) is 12.7 Å². The second-order valence-corrected chi connectivity index (χ2v) is 4.73. The van der Waals surface area contributed by atoms with Gasteiger partial charge in [-0.1, -0.05) is 19.1 Å². The molecule has 0 aromatic rings. The summed E-state index contributed by atoms with van der Waals surface area (Å²) in [6, 6.07) is 0. The Bertz CT molecular complexity index is 246. The van der Waals surface area contributed by atoms with Gasteiger partial charge >= 0.3 is 5.97 Å². The topological polar surface area (TPSA) is 35.5 Å². The van der Waals surface area contributed by atoms with Crippen molar-refractivity contribution in [2.24, 2.45) is 11.8 Å². The minimum atomic E-state index is -0.269. The highest BCUT2D eigenvalue weighted by molar-refractivity contribution is 5.70. The van der Waals surface area contributed by atoms with Gasteiger partial charge in [0.1, 0.15) is 6.61 Å². The van der Waals surface area contributed by atoms with E-state index in [4.69, 9.17) is 9.47 Å². The summed E-state index contributed by atoms with van der Waals surface area (Å²) in [5.74, 6) is 0.914. The van der Waals surface area contributed by atoms with Crippen LogP contribution in [0.4, 0.5) is 0 Å². The first-order valence-electron chi connectivity index (χ1n) is 6.01. The van der Waals surface area contributed by atoms with Crippen LogP contribution in [0.3, 0.4) is 0 Å². The Balaban J connectivity index is 2.15. The molecular formula is C13H22O3. The van der Waals surface area contributed by atoms with Crippen LogP contribution in [0.15, 0.2) is 12.2 Å². The molecule has 16 heavy (non-hydrogen) atoms. The number of hydrogen-bond acceptors (Lipinski definition) is 3. The highest BCUT2D eigenvalue weighted by Gasteiger charge is 2.18. The molecule has 0 spiro atoms. The third-order valence-electron chi connectivity index (χ3n) is 2.84. The largest absolute Gasteiger partial charge is 0.461 e. The van der Waals surface area contributed by atoms with Gasteiger partial charge < -0.3 is 9.47 Å². The number of ether oxygens (including phenoxy) is 2. The lowest BCUT2D eigenvalue weighted by Crippen LogP contribution is -2.23. The average molecular weight is 226 g/mol. The normalized spacial score (nSPS) is 24.8. The maximum atomic E-state index is 11.2. The van der Waals surface area contributed by atoms with Crippen molar-refractivity contribution in [3.8, 4) is 0 Å². The summed E-state index contributed by atoms with van der Waals surface area (Å²) in [5, 5.41) is 0. The second-order valence-electron chi connectivity index (χ2n) is 4.73. The minimum Gasteiger partial charge on any atom is -0.461 e. The molecule has 92 valence electrons. The number of rotatable bonds is 5. The van der Waals surface area contributed by atoms with E-state index in [9.17, 15) is 4.79 Å². The van der Waals surface area contributed by atoms with E-state index in [1.165, 1.54) is 0 Å². The van der Waals surface area contributed by atoms with E-state index in [1.54, 1.807) is 0 Å². The van der Waals surface area contributed by atoms with E-state index in [2.05, 4.69) is 19.1 Å². The summed E-state index contributed by atoms with van der Waals surface area (Å²) in [6.45, 7) is 6.63. The predicted molar refractivity (Wildman–Crippen MR) is 63.1 cm³/mol. The van der Waals surface area contributed by atoms with Crippen molar-refractivity contribution in [3.05, 3.63) is 12.2 Å². The van der Waals surface area contributed by atoms with Gasteiger partial charge in [-0.05, 0) is 38.5 Å². The summed E-state index contributed by atoms with van der Waals surface area (Å²) in [6.07, 6.45) is 6.52. The van der Waals surface area contributed by atoms with Crippen LogP contribution in [0.5, 0.6) is 0 Å². The first-order valence-corrected chi connectivity index (χ1v) is 6.01. The minimum absolute atomic E-state index is 0.0624. The van der Waals surface area contributed by atoms with Crippen molar-refractivity contribution in [1.82, 2.24) is 0 Å². The fraction of sp³-hybridized carbons (Fsp3) is 0.769. The Morgan fingerprint density at radius 1 is 1.38 bits per heavy atom. The fourth-order valence-electron chi connectivity index (χ4n) is 1.83. The highest BCUT2D eigenvalue weighted by Crippen LogP contribution is 2.24. The van der Waals surface area contributed by atoms with Gasteiger partial charge in [-0.25, -0.2) is 4.79 Å². The zero-order valence-corrected chi connectivity index (χ0v) is 10.4. The molecule has 1 aliphatic rings. The van der Waals surface area contributed by atoms with E-state index in [1.807, 2.05) is 13.8 Å². The van der Waals surface area contributed by atoms with Crippen molar-refractivity contribution < 1.29 is 14.3 Å². The van der Waals surface area contributed by atoms with Crippen LogP contribution >= 0.6 is 0 Å². The molecule has 0 amide bonds. The van der Waals surface area contributed by atoms with Crippen LogP contribution < -0.4 is 0 Å². The third kappa shape index (κ3) is 4.79. The summed E-state index contributed by atoms with van der Waals surface area (Å²) >= 11 is 0. The molecule has 0 N–H and O–H groups in total. The van der Waals surface area contributed by atoms with Crippen LogP contribution in [0, 0.1) is 11.8 Å². The summed E-state index contributed by atoms with van der Waals surface area (Å²) in [4.78, 5) is 11.2. The van der Waals surface area contributed by atoms with Gasteiger partial charge in [0.25, 0.3) is 0 Å². The smallest absolute Gasteiger partial charge is 0.332 e. The molecule has 0 saturated heterocycles. The predicted octanol–water partition coefficient (Wildman–Crippen LogP) is 2.56. The highest BCUT2D eigenvalue weighted by atomic mass is 16.6. The maximum Gasteiger partial charge on any atom is 0.332 e. The number of carbonyl (C=O) groups is 1. The number of hydrogen-bond donors (Lipinski definition) is 0. The molecule has 0 saturated carbocycles. The number of allylic oxidation sites excluding steroid dienone is 2. The van der Waals surface area contributed by atoms with Crippen LogP contribution in [0.2, 0.25) is 0 Å². The van der Waals surface area contributed by atoms with Gasteiger partial charge in [0.2, 0.25) is 0 Å². The Kier molecular flexibility index (Phi) is 5.53. The molecule has 1 aliphatic carbocycles. The van der Waals surface area contributed by atoms with Crippen molar-refractivity contribution in [2.75, 3.05) is 13.2 Å². The van der Waals surface area contributed by atoms with E-state index in [-0.39, 0.29) is 18.7 Å². The van der Waals surface area contributed by atoms with Crippen LogP contribution in [0.25, 0.3) is 0 Å². The Morgan fingerprint density at radius 3 is 2.69 bits per heavy atom. The zero-order chi connectivity index (χ0) is 12.0. The fourth-order valence-corrected chi connectivity index (χ4v) is 1.83. The molecule has 2 atom stereocenters. The monoisotopic (exact) mass is 226 g/mol. The molecule has 1 rings (SSSR count). The number of esters is 1. The van der Waals surface area contributed by atoms with E-state index in [0.29, 0.717) is 18.4 Å². The molecule has 0 aromatic carbocycles. The van der Waals surface area contributed by atoms with Gasteiger partial charge in [0.15, 0.2) is 0 Å². The van der Waals surface area contributed by atoms with Crippen LogP contribution in [-0.4, -0.2) is 25.3 Å². The lowest BCUT2D eigenvalue weighted by molar-refractivity contribution is -0.153. The van der Waals surface area contributed by atoms with Crippen LogP contribution in [-0.2, 0) is 14.3 Å². The Hall–Kier alpha value is -0.830. The summed E-state index contributed by atoms with van der Waals surface area (Å²) < 4.78 is 10.4. The molecule has 0 aliphatic heterocycles. The lowest BCUT2D eigenvalue weighted by atomic mass is 9.85. The molecule has 3 nitrogen and oxygen atoms in total. The third-order valence-corrected chi connectivity index (χ3v) is 2.84. The summed E-state index contributed by atoms with van der Waals surface area (Å²) in [5.41, 5.74) is 0. The van der Waals surface area contributed by atoms with Crippen molar-refractivity contribution in [3.63, 3.8) is 0 Å². The molecule has 3 heteroatoms. The second kappa shape index (κ2) is 6.69. The molecule has 0 bridgehead atoms.